The maximum absolute atomic E-state index is 12.1. The molecule has 1 aromatic carbocycles. The number of aliphatic hydroxyl groups excluding tert-OH is 1. The van der Waals surface area contributed by atoms with Crippen LogP contribution in [-0.4, -0.2) is 23.7 Å². The van der Waals surface area contributed by atoms with Crippen LogP contribution in [0.1, 0.15) is 43.7 Å². The van der Waals surface area contributed by atoms with Gasteiger partial charge in [0.05, 0.1) is 6.42 Å². The van der Waals surface area contributed by atoms with E-state index in [9.17, 15) is 9.90 Å². The Kier molecular flexibility index (Phi) is 5.60. The summed E-state index contributed by atoms with van der Waals surface area (Å²) in [6.07, 6.45) is 5.77. The monoisotopic (exact) mass is 275 g/mol. The van der Waals surface area contributed by atoms with Gasteiger partial charge in [-0.3, -0.25) is 4.79 Å². The number of carbonyl (C=O) groups excluding carboxylic acids is 1. The molecule has 0 saturated heterocycles. The van der Waals surface area contributed by atoms with E-state index in [1.807, 2.05) is 12.1 Å². The summed E-state index contributed by atoms with van der Waals surface area (Å²) in [5.74, 6) is 0.301. The topological polar surface area (TPSA) is 49.3 Å². The Balaban J connectivity index is 1.87. The quantitative estimate of drug-likeness (QED) is 0.867. The fourth-order valence-corrected chi connectivity index (χ4v) is 2.95. The van der Waals surface area contributed by atoms with Gasteiger partial charge in [-0.15, -0.1) is 0 Å². The summed E-state index contributed by atoms with van der Waals surface area (Å²) < 4.78 is 0. The molecule has 3 nitrogen and oxygen atoms in total. The van der Waals surface area contributed by atoms with Gasteiger partial charge in [-0.05, 0) is 30.4 Å². The fourth-order valence-electron chi connectivity index (χ4n) is 2.95. The third kappa shape index (κ3) is 4.07. The summed E-state index contributed by atoms with van der Waals surface area (Å²) in [5.41, 5.74) is 2.35. The molecule has 2 N–H and O–H groups in total. The van der Waals surface area contributed by atoms with Crippen LogP contribution in [0.25, 0.3) is 0 Å². The van der Waals surface area contributed by atoms with Gasteiger partial charge in [0.15, 0.2) is 0 Å². The number of hydrogen-bond acceptors (Lipinski definition) is 2. The second kappa shape index (κ2) is 7.44. The van der Waals surface area contributed by atoms with Crippen molar-refractivity contribution < 1.29 is 9.90 Å². The summed E-state index contributed by atoms with van der Waals surface area (Å²) in [4.78, 5) is 12.1. The van der Waals surface area contributed by atoms with E-state index in [0.717, 1.165) is 37.7 Å². The number of aryl methyl sites for hydroxylation is 1. The van der Waals surface area contributed by atoms with Gasteiger partial charge in [-0.2, -0.15) is 0 Å². The van der Waals surface area contributed by atoms with Crippen molar-refractivity contribution in [3.05, 3.63) is 35.4 Å². The van der Waals surface area contributed by atoms with E-state index in [4.69, 9.17) is 0 Å². The van der Waals surface area contributed by atoms with Gasteiger partial charge in [0.25, 0.3) is 0 Å². The van der Waals surface area contributed by atoms with E-state index >= 15 is 0 Å². The van der Waals surface area contributed by atoms with Gasteiger partial charge >= 0.3 is 0 Å². The molecule has 0 radical (unpaired) electrons. The van der Waals surface area contributed by atoms with Crippen LogP contribution in [0.2, 0.25) is 0 Å². The highest BCUT2D eigenvalue weighted by Gasteiger charge is 2.25. The maximum Gasteiger partial charge on any atom is 0.224 e. The van der Waals surface area contributed by atoms with Crippen LogP contribution in [0.3, 0.4) is 0 Å². The smallest absolute Gasteiger partial charge is 0.224 e. The Morgan fingerprint density at radius 3 is 2.50 bits per heavy atom. The van der Waals surface area contributed by atoms with Crippen molar-refractivity contribution in [2.24, 2.45) is 5.92 Å². The lowest BCUT2D eigenvalue weighted by Gasteiger charge is -2.30. The molecule has 2 rings (SSSR count). The van der Waals surface area contributed by atoms with Gasteiger partial charge in [-0.1, -0.05) is 44.0 Å². The van der Waals surface area contributed by atoms with Gasteiger partial charge in [0.1, 0.15) is 0 Å². The number of carbonyl (C=O) groups is 1. The molecule has 1 fully saturated rings. The van der Waals surface area contributed by atoms with Crippen molar-refractivity contribution in [1.82, 2.24) is 5.32 Å². The van der Waals surface area contributed by atoms with E-state index < -0.39 is 0 Å². The lowest BCUT2D eigenvalue weighted by atomic mass is 9.85. The number of rotatable bonds is 5. The molecule has 1 amide bonds. The molecule has 0 aromatic heterocycles. The SMILES string of the molecule is CCc1ccc(CC(=O)NC2CCCCC2CO)cc1. The van der Waals surface area contributed by atoms with Crippen LogP contribution in [0.4, 0.5) is 0 Å². The normalized spacial score (nSPS) is 22.5. The van der Waals surface area contributed by atoms with Crippen molar-refractivity contribution in [1.29, 1.82) is 0 Å². The van der Waals surface area contributed by atoms with Crippen molar-refractivity contribution >= 4 is 5.91 Å². The van der Waals surface area contributed by atoms with Crippen LogP contribution in [-0.2, 0) is 17.6 Å². The lowest BCUT2D eigenvalue weighted by Crippen LogP contribution is -2.44. The minimum absolute atomic E-state index is 0.0691. The molecular formula is C17H25NO2. The van der Waals surface area contributed by atoms with Crippen LogP contribution in [0, 0.1) is 5.92 Å². The van der Waals surface area contributed by atoms with Crippen molar-refractivity contribution in [3.8, 4) is 0 Å². The minimum Gasteiger partial charge on any atom is -0.396 e. The van der Waals surface area contributed by atoms with E-state index in [1.54, 1.807) is 0 Å². The highest BCUT2D eigenvalue weighted by Crippen LogP contribution is 2.24. The Labute approximate surface area is 121 Å². The molecule has 2 unspecified atom stereocenters. The summed E-state index contributed by atoms with van der Waals surface area (Å²) >= 11 is 0. The molecule has 1 aromatic rings. The summed E-state index contributed by atoms with van der Waals surface area (Å²) in [6.45, 7) is 2.30. The Hall–Kier alpha value is -1.35. The predicted octanol–water partition coefficient (Wildman–Crippen LogP) is 2.46. The molecule has 1 aliphatic carbocycles. The molecule has 0 bridgehead atoms. The molecular weight excluding hydrogens is 250 g/mol. The lowest BCUT2D eigenvalue weighted by molar-refractivity contribution is -0.121. The first-order chi connectivity index (χ1) is 9.72. The molecule has 0 aliphatic heterocycles. The molecule has 20 heavy (non-hydrogen) atoms. The third-order valence-corrected chi connectivity index (χ3v) is 4.29. The number of nitrogens with one attached hydrogen (secondary N) is 1. The predicted molar refractivity (Wildman–Crippen MR) is 80.5 cm³/mol. The van der Waals surface area contributed by atoms with E-state index in [-0.39, 0.29) is 24.5 Å². The van der Waals surface area contributed by atoms with Crippen LogP contribution in [0.5, 0.6) is 0 Å². The summed E-state index contributed by atoms with van der Waals surface area (Å²) in [5, 5.41) is 12.5. The zero-order valence-electron chi connectivity index (χ0n) is 12.3. The van der Waals surface area contributed by atoms with E-state index in [0.29, 0.717) is 6.42 Å². The zero-order valence-corrected chi connectivity index (χ0v) is 12.3. The van der Waals surface area contributed by atoms with Crippen molar-refractivity contribution in [2.75, 3.05) is 6.61 Å². The zero-order chi connectivity index (χ0) is 14.4. The average molecular weight is 275 g/mol. The summed E-state index contributed by atoms with van der Waals surface area (Å²) in [6, 6.07) is 8.38. The molecule has 110 valence electrons. The molecule has 0 spiro atoms. The van der Waals surface area contributed by atoms with E-state index in [1.165, 1.54) is 5.56 Å². The number of amides is 1. The highest BCUT2D eigenvalue weighted by atomic mass is 16.3. The number of benzene rings is 1. The number of aliphatic hydroxyl groups is 1. The van der Waals surface area contributed by atoms with Gasteiger partial charge in [-0.25, -0.2) is 0 Å². The Bertz CT molecular complexity index is 427. The van der Waals surface area contributed by atoms with Crippen LogP contribution < -0.4 is 5.32 Å². The first kappa shape index (κ1) is 15.0. The van der Waals surface area contributed by atoms with Crippen molar-refractivity contribution in [2.45, 2.75) is 51.5 Å². The molecule has 0 heterocycles. The second-order valence-corrected chi connectivity index (χ2v) is 5.75. The van der Waals surface area contributed by atoms with Gasteiger partial charge < -0.3 is 10.4 Å². The Morgan fingerprint density at radius 2 is 1.85 bits per heavy atom. The fraction of sp³-hybridized carbons (Fsp3) is 0.588. The minimum atomic E-state index is 0.0691. The first-order valence-electron chi connectivity index (χ1n) is 7.71. The second-order valence-electron chi connectivity index (χ2n) is 5.75. The molecule has 2 atom stereocenters. The van der Waals surface area contributed by atoms with Gasteiger partial charge in [0.2, 0.25) is 5.91 Å². The maximum atomic E-state index is 12.1. The van der Waals surface area contributed by atoms with Crippen LogP contribution >= 0.6 is 0 Å². The van der Waals surface area contributed by atoms with Crippen LogP contribution in [0.15, 0.2) is 24.3 Å². The molecule has 1 aliphatic rings. The molecule has 1 saturated carbocycles. The van der Waals surface area contributed by atoms with Gasteiger partial charge in [0, 0.05) is 18.6 Å². The highest BCUT2D eigenvalue weighted by molar-refractivity contribution is 5.78. The first-order valence-corrected chi connectivity index (χ1v) is 7.71. The number of hydrogen-bond donors (Lipinski definition) is 2. The van der Waals surface area contributed by atoms with E-state index in [2.05, 4.69) is 24.4 Å². The Morgan fingerprint density at radius 1 is 1.20 bits per heavy atom. The summed E-state index contributed by atoms with van der Waals surface area (Å²) in [7, 11) is 0. The largest absolute Gasteiger partial charge is 0.396 e. The van der Waals surface area contributed by atoms with Crippen molar-refractivity contribution in [3.63, 3.8) is 0 Å². The molecule has 3 heteroatoms. The average Bonchev–Trinajstić information content (AvgIpc) is 2.48. The standard InChI is InChI=1S/C17H25NO2/c1-2-13-7-9-14(10-8-13)11-17(20)18-16-6-4-3-5-15(16)12-19/h7-10,15-16,19H,2-6,11-12H2,1H3,(H,18,20). The third-order valence-electron chi connectivity index (χ3n) is 4.29.